The Morgan fingerprint density at radius 2 is 1.85 bits per heavy atom. The molecule has 33 heavy (non-hydrogen) atoms. The highest BCUT2D eigenvalue weighted by molar-refractivity contribution is 5.89. The molecule has 1 aliphatic heterocycles. The van der Waals surface area contributed by atoms with Crippen LogP contribution in [0.1, 0.15) is 37.4 Å². The summed E-state index contributed by atoms with van der Waals surface area (Å²) in [5.41, 5.74) is 2.66. The van der Waals surface area contributed by atoms with Crippen LogP contribution >= 0.6 is 0 Å². The van der Waals surface area contributed by atoms with Crippen molar-refractivity contribution in [1.82, 2.24) is 9.55 Å². The predicted octanol–water partition coefficient (Wildman–Crippen LogP) is 1.13. The minimum absolute atomic E-state index is 0.108. The molecule has 1 saturated heterocycles. The quantitative estimate of drug-likeness (QED) is 0.488. The van der Waals surface area contributed by atoms with E-state index in [1.54, 1.807) is 18.2 Å². The molecule has 1 aliphatic rings. The van der Waals surface area contributed by atoms with Gasteiger partial charge >= 0.3 is 23.6 Å². The van der Waals surface area contributed by atoms with Gasteiger partial charge < -0.3 is 24.7 Å². The minimum Gasteiger partial charge on any atom is -0.456 e. The Morgan fingerprint density at radius 1 is 1.18 bits per heavy atom. The van der Waals surface area contributed by atoms with Crippen LogP contribution < -0.4 is 11.4 Å². The molecule has 2 N–H and O–H groups in total. The van der Waals surface area contributed by atoms with E-state index in [4.69, 9.17) is 24.7 Å². The highest BCUT2D eigenvalue weighted by Crippen LogP contribution is 2.49. The maximum Gasteiger partial charge on any atom is 0.351 e. The van der Waals surface area contributed by atoms with E-state index < -0.39 is 54.0 Å². The summed E-state index contributed by atoms with van der Waals surface area (Å²) in [5.74, 6) is -5.77. The van der Waals surface area contributed by atoms with Crippen LogP contribution in [0.2, 0.25) is 0 Å². The summed E-state index contributed by atoms with van der Waals surface area (Å²) in [6.45, 7) is 2.23. The van der Waals surface area contributed by atoms with Crippen molar-refractivity contribution in [2.45, 2.75) is 44.6 Å². The van der Waals surface area contributed by atoms with E-state index in [1.807, 2.05) is 0 Å². The molecule has 11 nitrogen and oxygen atoms in total. The lowest BCUT2D eigenvalue weighted by molar-refractivity contribution is -0.217. The Morgan fingerprint density at radius 3 is 2.42 bits per heavy atom. The summed E-state index contributed by atoms with van der Waals surface area (Å²) in [7, 11) is 0. The molecule has 0 saturated carbocycles. The number of hydrogen-bond donors (Lipinski definition) is 1. The molecule has 0 unspecified atom stereocenters. The zero-order chi connectivity index (χ0) is 24.4. The van der Waals surface area contributed by atoms with Crippen LogP contribution in [-0.2, 0) is 28.5 Å². The molecule has 2 heterocycles. The minimum atomic E-state index is -2.99. The summed E-state index contributed by atoms with van der Waals surface area (Å²) < 4.78 is 38.0. The number of anilines is 1. The molecule has 4 atom stereocenters. The SMILES string of the molecule is CC(=O)O[C@H]1[C@@](C)(OC(C)=O)[C@H](n2ccc(N)nc2=O)O[C@]1(F)COC(=O)c1ccccc1. The van der Waals surface area contributed by atoms with E-state index in [-0.39, 0.29) is 11.4 Å². The van der Waals surface area contributed by atoms with Crippen molar-refractivity contribution >= 4 is 23.7 Å². The molecule has 0 spiro atoms. The number of nitrogens with zero attached hydrogens (tertiary/aromatic N) is 2. The van der Waals surface area contributed by atoms with Crippen molar-refractivity contribution in [2.24, 2.45) is 0 Å². The number of aromatic nitrogens is 2. The Labute approximate surface area is 187 Å². The lowest BCUT2D eigenvalue weighted by Gasteiger charge is -2.34. The molecule has 1 aromatic heterocycles. The van der Waals surface area contributed by atoms with Crippen LogP contribution in [0.3, 0.4) is 0 Å². The number of halogens is 1. The molecule has 12 heteroatoms. The summed E-state index contributed by atoms with van der Waals surface area (Å²) in [6.07, 6.45) is -2.40. The number of ether oxygens (including phenoxy) is 4. The number of esters is 3. The van der Waals surface area contributed by atoms with Gasteiger partial charge in [-0.1, -0.05) is 18.2 Å². The van der Waals surface area contributed by atoms with E-state index in [2.05, 4.69) is 4.98 Å². The fourth-order valence-electron chi connectivity index (χ4n) is 3.57. The monoisotopic (exact) mass is 463 g/mol. The van der Waals surface area contributed by atoms with E-state index in [9.17, 15) is 19.2 Å². The first-order chi connectivity index (χ1) is 15.5. The first-order valence-electron chi connectivity index (χ1n) is 9.76. The number of rotatable bonds is 6. The van der Waals surface area contributed by atoms with Crippen LogP contribution in [0.25, 0.3) is 0 Å². The second kappa shape index (κ2) is 8.98. The molecule has 2 aromatic rings. The third-order valence-electron chi connectivity index (χ3n) is 4.87. The maximum absolute atomic E-state index is 16.2. The van der Waals surface area contributed by atoms with Gasteiger partial charge in [-0.2, -0.15) is 4.98 Å². The summed E-state index contributed by atoms with van der Waals surface area (Å²) in [4.78, 5) is 52.0. The van der Waals surface area contributed by atoms with Crippen LogP contribution in [-0.4, -0.2) is 51.6 Å². The van der Waals surface area contributed by atoms with Crippen LogP contribution in [0.15, 0.2) is 47.4 Å². The van der Waals surface area contributed by atoms with Gasteiger partial charge in [-0.25, -0.2) is 14.0 Å². The van der Waals surface area contributed by atoms with E-state index in [0.717, 1.165) is 24.6 Å². The van der Waals surface area contributed by atoms with E-state index in [1.165, 1.54) is 25.1 Å². The standard InChI is InChI=1S/C21H22FN3O8/c1-12(26)31-17-20(3,32-13(2)27)18(25-10-9-15(23)24-19(25)29)33-21(17,22)11-30-16(28)14-7-5-4-6-8-14/h4-10,17-18H,11H2,1-3H3,(H2,23,24,29)/t17-,18+,20+,21+/m0/s1. The van der Waals surface area contributed by atoms with Crippen LogP contribution in [0.5, 0.6) is 0 Å². The van der Waals surface area contributed by atoms with Gasteiger partial charge in [0.15, 0.2) is 18.4 Å². The van der Waals surface area contributed by atoms with Gasteiger partial charge in [0.25, 0.3) is 5.85 Å². The molecule has 1 aromatic carbocycles. The second-order valence-electron chi connectivity index (χ2n) is 7.51. The predicted molar refractivity (Wildman–Crippen MR) is 109 cm³/mol. The molecule has 176 valence electrons. The first-order valence-corrected chi connectivity index (χ1v) is 9.76. The highest BCUT2D eigenvalue weighted by atomic mass is 19.2. The lowest BCUT2D eigenvalue weighted by Crippen LogP contribution is -2.54. The molecule has 0 amide bonds. The van der Waals surface area contributed by atoms with E-state index in [0.29, 0.717) is 0 Å². The molecular weight excluding hydrogens is 441 g/mol. The number of alkyl halides is 1. The average molecular weight is 463 g/mol. The van der Waals surface area contributed by atoms with Crippen molar-refractivity contribution in [1.29, 1.82) is 0 Å². The number of nitrogen functional groups attached to an aromatic ring is 1. The van der Waals surface area contributed by atoms with Gasteiger partial charge in [-0.3, -0.25) is 14.2 Å². The maximum atomic E-state index is 16.2. The van der Waals surface area contributed by atoms with Crippen molar-refractivity contribution in [3.05, 3.63) is 58.6 Å². The van der Waals surface area contributed by atoms with Gasteiger partial charge in [0.05, 0.1) is 5.56 Å². The largest absolute Gasteiger partial charge is 0.456 e. The van der Waals surface area contributed by atoms with Crippen molar-refractivity contribution < 1.29 is 37.7 Å². The van der Waals surface area contributed by atoms with Crippen molar-refractivity contribution in [2.75, 3.05) is 12.3 Å². The first kappa shape index (κ1) is 23.9. The Hall–Kier alpha value is -3.80. The molecular formula is C21H22FN3O8. The number of hydrogen-bond acceptors (Lipinski definition) is 10. The van der Waals surface area contributed by atoms with Gasteiger partial charge in [0.2, 0.25) is 6.10 Å². The lowest BCUT2D eigenvalue weighted by atomic mass is 9.94. The molecule has 0 bridgehead atoms. The number of carbonyl (C=O) groups is 3. The summed E-state index contributed by atoms with van der Waals surface area (Å²) >= 11 is 0. The Kier molecular flexibility index (Phi) is 6.49. The Bertz CT molecular complexity index is 1120. The molecule has 3 rings (SSSR count). The number of benzene rings is 1. The third-order valence-corrected chi connectivity index (χ3v) is 4.87. The zero-order valence-electron chi connectivity index (χ0n) is 18.0. The molecule has 0 radical (unpaired) electrons. The summed E-state index contributed by atoms with van der Waals surface area (Å²) in [5, 5.41) is 0. The van der Waals surface area contributed by atoms with Crippen LogP contribution in [0, 0.1) is 0 Å². The highest BCUT2D eigenvalue weighted by Gasteiger charge is 2.69. The number of carbonyl (C=O) groups excluding carboxylic acids is 3. The number of nitrogens with two attached hydrogens (primary N) is 1. The zero-order valence-corrected chi connectivity index (χ0v) is 18.0. The van der Waals surface area contributed by atoms with Crippen molar-refractivity contribution in [3.8, 4) is 0 Å². The van der Waals surface area contributed by atoms with Gasteiger partial charge in [0, 0.05) is 20.0 Å². The fraction of sp³-hybridized carbons (Fsp3) is 0.381. The summed E-state index contributed by atoms with van der Waals surface area (Å²) in [6, 6.07) is 9.01. The molecule has 0 aliphatic carbocycles. The van der Waals surface area contributed by atoms with E-state index >= 15 is 4.39 Å². The topological polar surface area (TPSA) is 149 Å². The Balaban J connectivity index is 2.02. The fourth-order valence-corrected chi connectivity index (χ4v) is 3.57. The second-order valence-corrected chi connectivity index (χ2v) is 7.51. The average Bonchev–Trinajstić information content (AvgIpc) is 2.94. The third kappa shape index (κ3) is 4.85. The van der Waals surface area contributed by atoms with Gasteiger partial charge in [0.1, 0.15) is 5.82 Å². The van der Waals surface area contributed by atoms with Crippen molar-refractivity contribution in [3.63, 3.8) is 0 Å². The smallest absolute Gasteiger partial charge is 0.351 e. The van der Waals surface area contributed by atoms with Gasteiger partial charge in [-0.05, 0) is 25.1 Å². The normalized spacial score (nSPS) is 26.4. The molecule has 1 fully saturated rings. The van der Waals surface area contributed by atoms with Crippen LogP contribution in [0.4, 0.5) is 10.2 Å². The van der Waals surface area contributed by atoms with Gasteiger partial charge in [-0.15, -0.1) is 0 Å².